The maximum atomic E-state index is 13.4. The van der Waals surface area contributed by atoms with Crippen molar-refractivity contribution in [3.05, 3.63) is 35.6 Å². The predicted octanol–water partition coefficient (Wildman–Crippen LogP) is 4.19. The summed E-state index contributed by atoms with van der Waals surface area (Å²) in [5.41, 5.74) is 1.04. The van der Waals surface area contributed by atoms with E-state index in [1.54, 1.807) is 6.07 Å². The van der Waals surface area contributed by atoms with Crippen molar-refractivity contribution < 1.29 is 4.39 Å². The SMILES string of the molecule is CCCC(C)(C)Cc1ccccc1F. The average molecular weight is 194 g/mol. The fourth-order valence-electron chi connectivity index (χ4n) is 1.92. The predicted molar refractivity (Wildman–Crippen MR) is 58.8 cm³/mol. The molecule has 0 heterocycles. The zero-order chi connectivity index (χ0) is 10.6. The van der Waals surface area contributed by atoms with Crippen LogP contribution in [0.2, 0.25) is 0 Å². The Labute approximate surface area is 86.2 Å². The Kier molecular flexibility index (Phi) is 3.68. The van der Waals surface area contributed by atoms with Crippen molar-refractivity contribution in [3.63, 3.8) is 0 Å². The van der Waals surface area contributed by atoms with Crippen LogP contribution < -0.4 is 0 Å². The first-order chi connectivity index (χ1) is 6.55. The standard InChI is InChI=1S/C13H19F/c1-4-9-13(2,3)10-11-7-5-6-8-12(11)14/h5-8H,4,9-10H2,1-3H3. The van der Waals surface area contributed by atoms with Crippen molar-refractivity contribution in [1.82, 2.24) is 0 Å². The molecule has 0 amide bonds. The lowest BCUT2D eigenvalue weighted by Crippen LogP contribution is -2.15. The average Bonchev–Trinajstić information content (AvgIpc) is 2.08. The molecule has 1 rings (SSSR count). The van der Waals surface area contributed by atoms with Crippen LogP contribution in [-0.4, -0.2) is 0 Å². The van der Waals surface area contributed by atoms with E-state index in [0.717, 1.165) is 24.8 Å². The highest BCUT2D eigenvalue weighted by Crippen LogP contribution is 2.28. The van der Waals surface area contributed by atoms with Gasteiger partial charge in [0.15, 0.2) is 0 Å². The molecular formula is C13H19F. The largest absolute Gasteiger partial charge is 0.207 e. The molecular weight excluding hydrogens is 175 g/mol. The Bertz CT molecular complexity index is 289. The second-order valence-corrected chi connectivity index (χ2v) is 4.68. The van der Waals surface area contributed by atoms with Crippen molar-refractivity contribution >= 4 is 0 Å². The minimum Gasteiger partial charge on any atom is -0.207 e. The van der Waals surface area contributed by atoms with Gasteiger partial charge in [-0.3, -0.25) is 0 Å². The zero-order valence-corrected chi connectivity index (χ0v) is 9.31. The van der Waals surface area contributed by atoms with E-state index in [0.29, 0.717) is 0 Å². The van der Waals surface area contributed by atoms with Crippen molar-refractivity contribution in [2.75, 3.05) is 0 Å². The lowest BCUT2D eigenvalue weighted by Gasteiger charge is -2.24. The van der Waals surface area contributed by atoms with Crippen molar-refractivity contribution in [2.45, 2.75) is 40.0 Å². The first kappa shape index (κ1) is 11.2. The molecule has 1 aromatic carbocycles. The van der Waals surface area contributed by atoms with Crippen LogP contribution in [0.5, 0.6) is 0 Å². The third kappa shape index (κ3) is 3.13. The number of hydrogen-bond donors (Lipinski definition) is 0. The van der Waals surface area contributed by atoms with Gasteiger partial charge in [0.05, 0.1) is 0 Å². The van der Waals surface area contributed by atoms with Gasteiger partial charge in [0, 0.05) is 0 Å². The minimum absolute atomic E-state index is 0.0725. The van der Waals surface area contributed by atoms with Gasteiger partial charge in [-0.2, -0.15) is 0 Å². The molecule has 0 saturated carbocycles. The van der Waals surface area contributed by atoms with Crippen LogP contribution in [-0.2, 0) is 6.42 Å². The number of rotatable bonds is 4. The summed E-state index contributed by atoms with van der Waals surface area (Å²) < 4.78 is 13.4. The summed E-state index contributed by atoms with van der Waals surface area (Å²) in [5, 5.41) is 0. The van der Waals surface area contributed by atoms with Gasteiger partial charge in [0.2, 0.25) is 0 Å². The highest BCUT2D eigenvalue weighted by atomic mass is 19.1. The summed E-state index contributed by atoms with van der Waals surface area (Å²) in [6, 6.07) is 7.07. The second kappa shape index (κ2) is 4.59. The fourth-order valence-corrected chi connectivity index (χ4v) is 1.92. The second-order valence-electron chi connectivity index (χ2n) is 4.68. The molecule has 0 aliphatic carbocycles. The molecule has 0 nitrogen and oxygen atoms in total. The van der Waals surface area contributed by atoms with Gasteiger partial charge < -0.3 is 0 Å². The van der Waals surface area contributed by atoms with Crippen LogP contribution >= 0.6 is 0 Å². The molecule has 0 aliphatic heterocycles. The van der Waals surface area contributed by atoms with E-state index in [-0.39, 0.29) is 11.2 Å². The van der Waals surface area contributed by atoms with E-state index in [4.69, 9.17) is 0 Å². The zero-order valence-electron chi connectivity index (χ0n) is 9.31. The molecule has 0 bridgehead atoms. The van der Waals surface area contributed by atoms with E-state index < -0.39 is 0 Å². The molecule has 0 unspecified atom stereocenters. The lowest BCUT2D eigenvalue weighted by molar-refractivity contribution is 0.324. The minimum atomic E-state index is -0.0725. The highest BCUT2D eigenvalue weighted by Gasteiger charge is 2.18. The number of hydrogen-bond acceptors (Lipinski definition) is 0. The Balaban J connectivity index is 2.73. The smallest absolute Gasteiger partial charge is 0.126 e. The number of benzene rings is 1. The molecule has 0 aliphatic rings. The maximum Gasteiger partial charge on any atom is 0.126 e. The van der Waals surface area contributed by atoms with Crippen LogP contribution in [0, 0.1) is 11.2 Å². The summed E-state index contributed by atoms with van der Waals surface area (Å²) in [6.07, 6.45) is 3.12. The topological polar surface area (TPSA) is 0 Å². The van der Waals surface area contributed by atoms with Crippen molar-refractivity contribution in [2.24, 2.45) is 5.41 Å². The Morgan fingerprint density at radius 3 is 2.43 bits per heavy atom. The molecule has 0 spiro atoms. The lowest BCUT2D eigenvalue weighted by atomic mass is 9.82. The van der Waals surface area contributed by atoms with E-state index in [9.17, 15) is 4.39 Å². The Hall–Kier alpha value is -0.850. The Morgan fingerprint density at radius 2 is 1.86 bits per heavy atom. The third-order valence-electron chi connectivity index (χ3n) is 2.55. The third-order valence-corrected chi connectivity index (χ3v) is 2.55. The van der Waals surface area contributed by atoms with Crippen molar-refractivity contribution in [3.8, 4) is 0 Å². The quantitative estimate of drug-likeness (QED) is 0.674. The van der Waals surface area contributed by atoms with Crippen LogP contribution in [0.4, 0.5) is 4.39 Å². The maximum absolute atomic E-state index is 13.4. The molecule has 0 N–H and O–H groups in total. The van der Waals surface area contributed by atoms with Gasteiger partial charge in [-0.1, -0.05) is 45.4 Å². The highest BCUT2D eigenvalue weighted by molar-refractivity contribution is 5.18. The molecule has 0 atom stereocenters. The molecule has 78 valence electrons. The fraction of sp³-hybridized carbons (Fsp3) is 0.538. The molecule has 0 fully saturated rings. The van der Waals surface area contributed by atoms with Gasteiger partial charge in [-0.25, -0.2) is 4.39 Å². The van der Waals surface area contributed by atoms with Gasteiger partial charge in [0.25, 0.3) is 0 Å². The summed E-state index contributed by atoms with van der Waals surface area (Å²) in [4.78, 5) is 0. The van der Waals surface area contributed by atoms with Gasteiger partial charge in [-0.15, -0.1) is 0 Å². The molecule has 0 aromatic heterocycles. The number of halogens is 1. The summed E-state index contributed by atoms with van der Waals surface area (Å²) in [5.74, 6) is -0.0725. The molecule has 0 saturated heterocycles. The van der Waals surface area contributed by atoms with Crippen LogP contribution in [0.3, 0.4) is 0 Å². The van der Waals surface area contributed by atoms with Gasteiger partial charge in [0.1, 0.15) is 5.82 Å². The molecule has 0 radical (unpaired) electrons. The molecule has 1 aromatic rings. The van der Waals surface area contributed by atoms with Gasteiger partial charge in [-0.05, 0) is 29.9 Å². The monoisotopic (exact) mass is 194 g/mol. The van der Waals surface area contributed by atoms with Crippen LogP contribution in [0.25, 0.3) is 0 Å². The van der Waals surface area contributed by atoms with E-state index >= 15 is 0 Å². The first-order valence-corrected chi connectivity index (χ1v) is 5.28. The summed E-state index contributed by atoms with van der Waals surface area (Å²) in [7, 11) is 0. The van der Waals surface area contributed by atoms with E-state index in [2.05, 4.69) is 20.8 Å². The van der Waals surface area contributed by atoms with E-state index in [1.807, 2.05) is 12.1 Å². The molecule has 14 heavy (non-hydrogen) atoms. The normalized spacial score (nSPS) is 11.7. The summed E-state index contributed by atoms with van der Waals surface area (Å²) in [6.45, 7) is 6.56. The summed E-state index contributed by atoms with van der Waals surface area (Å²) >= 11 is 0. The molecule has 1 heteroatoms. The van der Waals surface area contributed by atoms with Crippen LogP contribution in [0.1, 0.15) is 39.2 Å². The van der Waals surface area contributed by atoms with Crippen LogP contribution in [0.15, 0.2) is 24.3 Å². The van der Waals surface area contributed by atoms with E-state index in [1.165, 1.54) is 6.07 Å². The van der Waals surface area contributed by atoms with Gasteiger partial charge >= 0.3 is 0 Å². The first-order valence-electron chi connectivity index (χ1n) is 5.28. The Morgan fingerprint density at radius 1 is 1.21 bits per heavy atom. The van der Waals surface area contributed by atoms with Crippen molar-refractivity contribution in [1.29, 1.82) is 0 Å².